The number of ether oxygens (including phenoxy) is 1. The minimum atomic E-state index is 0.175. The summed E-state index contributed by atoms with van der Waals surface area (Å²) >= 11 is 0. The predicted molar refractivity (Wildman–Crippen MR) is 74.6 cm³/mol. The second-order valence-corrected chi connectivity index (χ2v) is 4.60. The van der Waals surface area contributed by atoms with E-state index in [0.717, 1.165) is 12.2 Å². The lowest BCUT2D eigenvalue weighted by Crippen LogP contribution is -2.17. The molecule has 2 aromatic rings. The van der Waals surface area contributed by atoms with Crippen molar-refractivity contribution in [3.8, 4) is 5.75 Å². The van der Waals surface area contributed by atoms with Crippen molar-refractivity contribution in [3.05, 3.63) is 65.7 Å². The van der Waals surface area contributed by atoms with Crippen LogP contribution in [0.2, 0.25) is 0 Å². The summed E-state index contributed by atoms with van der Waals surface area (Å²) in [7, 11) is 0. The molecule has 0 unspecified atom stereocenters. The Kier molecular flexibility index (Phi) is 4.37. The van der Waals surface area contributed by atoms with Gasteiger partial charge in [-0.1, -0.05) is 42.5 Å². The molecule has 0 aliphatic carbocycles. The van der Waals surface area contributed by atoms with E-state index in [1.807, 2.05) is 37.3 Å². The molecule has 0 spiro atoms. The molecule has 0 aliphatic heterocycles. The average Bonchev–Trinajstić information content (AvgIpc) is 2.37. The second-order valence-electron chi connectivity index (χ2n) is 4.60. The fraction of sp³-hybridized carbons (Fsp3) is 0.250. The molecule has 94 valence electrons. The van der Waals surface area contributed by atoms with Crippen LogP contribution in [0.4, 0.5) is 0 Å². The van der Waals surface area contributed by atoms with E-state index in [1.54, 1.807) is 0 Å². The largest absolute Gasteiger partial charge is 0.489 e. The van der Waals surface area contributed by atoms with Gasteiger partial charge in [-0.15, -0.1) is 0 Å². The molecule has 2 nitrogen and oxygen atoms in total. The van der Waals surface area contributed by atoms with Crippen LogP contribution in [0.1, 0.15) is 18.1 Å². The minimum Gasteiger partial charge on any atom is -0.489 e. The molecule has 0 radical (unpaired) electrons. The molecule has 0 aliphatic rings. The molecule has 2 heteroatoms. The van der Waals surface area contributed by atoms with Gasteiger partial charge >= 0.3 is 0 Å². The Morgan fingerprint density at radius 2 is 1.72 bits per heavy atom. The van der Waals surface area contributed by atoms with Crippen molar-refractivity contribution >= 4 is 0 Å². The van der Waals surface area contributed by atoms with Crippen molar-refractivity contribution < 1.29 is 4.74 Å². The monoisotopic (exact) mass is 241 g/mol. The molecule has 0 bridgehead atoms. The molecule has 0 saturated heterocycles. The van der Waals surface area contributed by atoms with Crippen LogP contribution in [0, 0.1) is 0 Å². The molecule has 0 saturated carbocycles. The van der Waals surface area contributed by atoms with E-state index in [0.29, 0.717) is 6.61 Å². The molecule has 18 heavy (non-hydrogen) atoms. The Balaban J connectivity index is 1.97. The van der Waals surface area contributed by atoms with Crippen LogP contribution in [0.5, 0.6) is 5.75 Å². The summed E-state index contributed by atoms with van der Waals surface area (Å²) in [6.45, 7) is 2.61. The molecule has 2 rings (SSSR count). The van der Waals surface area contributed by atoms with E-state index in [1.165, 1.54) is 11.1 Å². The highest BCUT2D eigenvalue weighted by Crippen LogP contribution is 2.16. The lowest BCUT2D eigenvalue weighted by Gasteiger charge is -2.09. The van der Waals surface area contributed by atoms with Gasteiger partial charge in [0, 0.05) is 6.04 Å². The van der Waals surface area contributed by atoms with Crippen LogP contribution in [0.3, 0.4) is 0 Å². The van der Waals surface area contributed by atoms with Gasteiger partial charge in [0.2, 0.25) is 0 Å². The Morgan fingerprint density at radius 1 is 1.00 bits per heavy atom. The van der Waals surface area contributed by atoms with Gasteiger partial charge in [0.25, 0.3) is 0 Å². The Hall–Kier alpha value is -1.80. The highest BCUT2D eigenvalue weighted by Gasteiger charge is 2.00. The third-order valence-electron chi connectivity index (χ3n) is 2.70. The first kappa shape index (κ1) is 12.7. The number of hydrogen-bond donors (Lipinski definition) is 1. The first-order valence-electron chi connectivity index (χ1n) is 6.25. The Bertz CT molecular complexity index is 479. The van der Waals surface area contributed by atoms with Gasteiger partial charge in [0.05, 0.1) is 0 Å². The van der Waals surface area contributed by atoms with Crippen molar-refractivity contribution in [2.24, 2.45) is 5.73 Å². The van der Waals surface area contributed by atoms with Gasteiger partial charge in [-0.05, 0) is 36.6 Å². The topological polar surface area (TPSA) is 35.2 Å². The number of hydrogen-bond acceptors (Lipinski definition) is 2. The zero-order chi connectivity index (χ0) is 12.8. The number of benzene rings is 2. The van der Waals surface area contributed by atoms with Crippen LogP contribution in [0.15, 0.2) is 54.6 Å². The molecule has 0 heterocycles. The minimum absolute atomic E-state index is 0.175. The van der Waals surface area contributed by atoms with Crippen molar-refractivity contribution in [1.29, 1.82) is 0 Å². The van der Waals surface area contributed by atoms with Gasteiger partial charge in [-0.3, -0.25) is 0 Å². The van der Waals surface area contributed by atoms with E-state index in [2.05, 4.69) is 24.3 Å². The lowest BCUT2D eigenvalue weighted by molar-refractivity contribution is 0.306. The quantitative estimate of drug-likeness (QED) is 0.872. The highest BCUT2D eigenvalue weighted by atomic mass is 16.5. The van der Waals surface area contributed by atoms with E-state index in [-0.39, 0.29) is 6.04 Å². The van der Waals surface area contributed by atoms with Crippen LogP contribution >= 0.6 is 0 Å². The van der Waals surface area contributed by atoms with E-state index in [9.17, 15) is 0 Å². The normalized spacial score (nSPS) is 12.1. The summed E-state index contributed by atoms with van der Waals surface area (Å²) in [5.41, 5.74) is 8.19. The molecule has 0 aromatic heterocycles. The van der Waals surface area contributed by atoms with Crippen LogP contribution in [0.25, 0.3) is 0 Å². The van der Waals surface area contributed by atoms with Crippen molar-refractivity contribution in [1.82, 2.24) is 0 Å². The maximum Gasteiger partial charge on any atom is 0.120 e. The summed E-state index contributed by atoms with van der Waals surface area (Å²) in [6, 6.07) is 18.5. The molecule has 0 fully saturated rings. The van der Waals surface area contributed by atoms with Crippen molar-refractivity contribution in [2.45, 2.75) is 26.0 Å². The first-order valence-corrected chi connectivity index (χ1v) is 6.25. The summed E-state index contributed by atoms with van der Waals surface area (Å²) in [5.74, 6) is 0.900. The van der Waals surface area contributed by atoms with Crippen molar-refractivity contribution in [3.63, 3.8) is 0 Å². The van der Waals surface area contributed by atoms with Gasteiger partial charge in [-0.25, -0.2) is 0 Å². The molecule has 2 aromatic carbocycles. The Morgan fingerprint density at radius 3 is 2.44 bits per heavy atom. The maximum absolute atomic E-state index is 5.80. The standard InChI is InChI=1S/C16H19NO/c1-13(17)10-15-8-5-9-16(11-15)18-12-14-6-3-2-4-7-14/h2-9,11,13H,10,12,17H2,1H3/t13-/m0/s1. The zero-order valence-electron chi connectivity index (χ0n) is 10.7. The van der Waals surface area contributed by atoms with Gasteiger partial charge in [0.15, 0.2) is 0 Å². The summed E-state index contributed by atoms with van der Waals surface area (Å²) in [5, 5.41) is 0. The van der Waals surface area contributed by atoms with Crippen LogP contribution in [-0.2, 0) is 13.0 Å². The van der Waals surface area contributed by atoms with E-state index >= 15 is 0 Å². The smallest absolute Gasteiger partial charge is 0.120 e. The zero-order valence-corrected chi connectivity index (χ0v) is 10.7. The molecule has 1 atom stereocenters. The van der Waals surface area contributed by atoms with Gasteiger partial charge < -0.3 is 10.5 Å². The number of nitrogens with two attached hydrogens (primary N) is 1. The molecular weight excluding hydrogens is 222 g/mol. The third-order valence-corrected chi connectivity index (χ3v) is 2.70. The molecule has 2 N–H and O–H groups in total. The van der Waals surface area contributed by atoms with E-state index in [4.69, 9.17) is 10.5 Å². The van der Waals surface area contributed by atoms with Gasteiger partial charge in [-0.2, -0.15) is 0 Å². The molecule has 0 amide bonds. The van der Waals surface area contributed by atoms with E-state index < -0.39 is 0 Å². The van der Waals surface area contributed by atoms with Gasteiger partial charge in [0.1, 0.15) is 12.4 Å². The van der Waals surface area contributed by atoms with Crippen LogP contribution in [-0.4, -0.2) is 6.04 Å². The van der Waals surface area contributed by atoms with Crippen molar-refractivity contribution in [2.75, 3.05) is 0 Å². The third kappa shape index (κ3) is 3.90. The lowest BCUT2D eigenvalue weighted by atomic mass is 10.1. The highest BCUT2D eigenvalue weighted by molar-refractivity contribution is 5.29. The second kappa shape index (κ2) is 6.22. The Labute approximate surface area is 108 Å². The number of rotatable bonds is 5. The molecular formula is C16H19NO. The SMILES string of the molecule is C[C@H](N)Cc1cccc(OCc2ccccc2)c1. The summed E-state index contributed by atoms with van der Waals surface area (Å²) < 4.78 is 5.77. The summed E-state index contributed by atoms with van der Waals surface area (Å²) in [6.07, 6.45) is 0.878. The average molecular weight is 241 g/mol. The maximum atomic E-state index is 5.80. The summed E-state index contributed by atoms with van der Waals surface area (Å²) in [4.78, 5) is 0. The fourth-order valence-electron chi connectivity index (χ4n) is 1.87. The predicted octanol–water partition coefficient (Wildman–Crippen LogP) is 3.16. The first-order chi connectivity index (χ1) is 8.74. The van der Waals surface area contributed by atoms with Crippen LogP contribution < -0.4 is 10.5 Å². The fourth-order valence-corrected chi connectivity index (χ4v) is 1.87.